The summed E-state index contributed by atoms with van der Waals surface area (Å²) < 4.78 is 45.5. The molecule has 0 aromatic rings. The van der Waals surface area contributed by atoms with E-state index in [9.17, 15) is 16.8 Å². The van der Waals surface area contributed by atoms with Gasteiger partial charge in [0.15, 0.2) is 15.6 Å². The maximum absolute atomic E-state index is 11.2. The van der Waals surface area contributed by atoms with Crippen molar-refractivity contribution in [2.45, 2.75) is 18.6 Å². The van der Waals surface area contributed by atoms with Gasteiger partial charge in [-0.2, -0.15) is 5.26 Å². The Bertz CT molecular complexity index is 456. The van der Waals surface area contributed by atoms with Crippen LogP contribution in [0.25, 0.3) is 0 Å². The maximum atomic E-state index is 11.2. The minimum atomic E-state index is -3.70. The third kappa shape index (κ3) is 4.59. The van der Waals surface area contributed by atoms with Crippen molar-refractivity contribution in [1.82, 2.24) is 4.72 Å². The Labute approximate surface area is 90.3 Å². The number of nitrogens with one attached hydrogen (secondary N) is 1. The van der Waals surface area contributed by atoms with Gasteiger partial charge in [-0.05, 0) is 13.8 Å². The van der Waals surface area contributed by atoms with Crippen LogP contribution in [0.4, 0.5) is 0 Å². The van der Waals surface area contributed by atoms with Crippen LogP contribution in [-0.2, 0) is 19.9 Å². The van der Waals surface area contributed by atoms with Crippen LogP contribution in [-0.4, -0.2) is 40.1 Å². The van der Waals surface area contributed by atoms with E-state index < -0.39 is 30.4 Å². The Morgan fingerprint density at radius 3 is 2.07 bits per heavy atom. The molecule has 88 valence electrons. The topological polar surface area (TPSA) is 104 Å². The van der Waals surface area contributed by atoms with Crippen LogP contribution in [0.3, 0.4) is 0 Å². The average molecular weight is 254 g/mol. The van der Waals surface area contributed by atoms with Crippen molar-refractivity contribution in [3.8, 4) is 6.07 Å². The lowest BCUT2D eigenvalue weighted by Crippen LogP contribution is -2.44. The summed E-state index contributed by atoms with van der Waals surface area (Å²) in [4.78, 5) is 0. The van der Waals surface area contributed by atoms with Gasteiger partial charge in [-0.15, -0.1) is 0 Å². The predicted octanol–water partition coefficient (Wildman–Crippen LogP) is -0.747. The number of rotatable bonds is 5. The largest absolute Gasteiger partial charge is 0.229 e. The first kappa shape index (κ1) is 14.3. The summed E-state index contributed by atoms with van der Waals surface area (Å²) in [6, 6.07) is 1.48. The van der Waals surface area contributed by atoms with E-state index in [1.807, 2.05) is 0 Å². The molecule has 0 spiro atoms. The van der Waals surface area contributed by atoms with Crippen LogP contribution in [0.2, 0.25) is 0 Å². The molecule has 0 saturated carbocycles. The molecule has 0 atom stereocenters. The molecule has 6 nitrogen and oxygen atoms in total. The molecule has 0 saturated heterocycles. The second kappa shape index (κ2) is 4.47. The summed E-state index contributed by atoms with van der Waals surface area (Å²) in [6.07, 6.45) is 1.03. The Hall–Kier alpha value is -0.650. The number of sulfonamides is 1. The summed E-state index contributed by atoms with van der Waals surface area (Å²) in [5, 5.41) is 8.20. The highest BCUT2D eigenvalue weighted by molar-refractivity contribution is 7.92. The number of hydrogen-bond acceptors (Lipinski definition) is 5. The van der Waals surface area contributed by atoms with Gasteiger partial charge in [-0.3, -0.25) is 0 Å². The summed E-state index contributed by atoms with van der Waals surface area (Å²) in [7, 11) is -7.05. The molecule has 0 aromatic carbocycles. The molecule has 0 aliphatic heterocycles. The van der Waals surface area contributed by atoms with Gasteiger partial charge in [0.2, 0.25) is 10.0 Å². The zero-order valence-electron chi connectivity index (χ0n) is 8.81. The first-order chi connectivity index (χ1) is 6.52. The number of nitriles is 1. The summed E-state index contributed by atoms with van der Waals surface area (Å²) in [6.45, 7) is 2.59. The second-order valence-corrected chi connectivity index (χ2v) is 8.23. The van der Waals surface area contributed by atoms with Crippen molar-refractivity contribution in [3.05, 3.63) is 0 Å². The Morgan fingerprint density at radius 1 is 1.27 bits per heavy atom. The Balaban J connectivity index is 4.63. The minimum Gasteiger partial charge on any atom is -0.229 e. The molecular weight excluding hydrogens is 240 g/mol. The SMILES string of the molecule is CC(C)(CNS(=O)(=O)CC#N)S(C)(=O)=O. The van der Waals surface area contributed by atoms with Crippen molar-refractivity contribution in [2.75, 3.05) is 18.6 Å². The summed E-state index contributed by atoms with van der Waals surface area (Å²) >= 11 is 0. The van der Waals surface area contributed by atoms with Gasteiger partial charge in [0, 0.05) is 12.8 Å². The first-order valence-corrected chi connectivity index (χ1v) is 7.60. The molecule has 0 heterocycles. The first-order valence-electron chi connectivity index (χ1n) is 4.06. The average Bonchev–Trinajstić information content (AvgIpc) is 1.99. The van der Waals surface area contributed by atoms with E-state index in [1.165, 1.54) is 19.9 Å². The molecule has 0 rings (SSSR count). The molecule has 8 heteroatoms. The van der Waals surface area contributed by atoms with Crippen molar-refractivity contribution in [1.29, 1.82) is 5.26 Å². The van der Waals surface area contributed by atoms with Crippen LogP contribution in [0.5, 0.6) is 0 Å². The highest BCUT2D eigenvalue weighted by atomic mass is 32.2. The fourth-order valence-electron chi connectivity index (χ4n) is 0.551. The number of hydrogen-bond donors (Lipinski definition) is 1. The fraction of sp³-hybridized carbons (Fsp3) is 0.857. The maximum Gasteiger partial charge on any atom is 0.225 e. The Morgan fingerprint density at radius 2 is 1.73 bits per heavy atom. The lowest BCUT2D eigenvalue weighted by molar-refractivity contribution is 0.538. The van der Waals surface area contributed by atoms with Crippen molar-refractivity contribution >= 4 is 19.9 Å². The molecular formula is C7H14N2O4S2. The van der Waals surface area contributed by atoms with Crippen molar-refractivity contribution in [2.24, 2.45) is 0 Å². The molecule has 0 radical (unpaired) electrons. The van der Waals surface area contributed by atoms with E-state index >= 15 is 0 Å². The van der Waals surface area contributed by atoms with Gasteiger partial charge in [0.05, 0.1) is 10.8 Å². The van der Waals surface area contributed by atoms with E-state index in [0.29, 0.717) is 0 Å². The minimum absolute atomic E-state index is 0.240. The third-order valence-electron chi connectivity index (χ3n) is 1.98. The van der Waals surface area contributed by atoms with Gasteiger partial charge in [-0.1, -0.05) is 0 Å². The molecule has 0 bridgehead atoms. The Kier molecular flexibility index (Phi) is 4.27. The zero-order chi connectivity index (χ0) is 12.3. The molecule has 15 heavy (non-hydrogen) atoms. The third-order valence-corrected chi connectivity index (χ3v) is 5.22. The number of nitrogens with zero attached hydrogens (tertiary/aromatic N) is 1. The van der Waals surface area contributed by atoms with E-state index in [1.54, 1.807) is 0 Å². The van der Waals surface area contributed by atoms with Gasteiger partial charge in [-0.25, -0.2) is 21.6 Å². The van der Waals surface area contributed by atoms with Crippen LogP contribution in [0.15, 0.2) is 0 Å². The smallest absolute Gasteiger partial charge is 0.225 e. The van der Waals surface area contributed by atoms with Gasteiger partial charge in [0.25, 0.3) is 0 Å². The summed E-state index contributed by atoms with van der Waals surface area (Å²) in [5.41, 5.74) is 0. The van der Waals surface area contributed by atoms with Crippen LogP contribution in [0.1, 0.15) is 13.8 Å². The van der Waals surface area contributed by atoms with Crippen LogP contribution in [0, 0.1) is 11.3 Å². The molecule has 0 aliphatic carbocycles. The summed E-state index contributed by atoms with van der Waals surface area (Å²) in [5.74, 6) is -0.674. The van der Waals surface area contributed by atoms with Gasteiger partial charge >= 0.3 is 0 Å². The van der Waals surface area contributed by atoms with Gasteiger partial charge in [0.1, 0.15) is 0 Å². The lowest BCUT2D eigenvalue weighted by Gasteiger charge is -2.22. The highest BCUT2D eigenvalue weighted by Crippen LogP contribution is 2.13. The van der Waals surface area contributed by atoms with Crippen LogP contribution >= 0.6 is 0 Å². The van der Waals surface area contributed by atoms with Crippen molar-refractivity contribution in [3.63, 3.8) is 0 Å². The van der Waals surface area contributed by atoms with Gasteiger partial charge < -0.3 is 0 Å². The lowest BCUT2D eigenvalue weighted by atomic mass is 10.2. The van der Waals surface area contributed by atoms with E-state index in [0.717, 1.165) is 6.26 Å². The van der Waals surface area contributed by atoms with E-state index in [4.69, 9.17) is 5.26 Å². The standard InChI is InChI=1S/C7H14N2O4S2/c1-7(2,14(3,10)11)6-9-15(12,13)5-4-8/h9H,5-6H2,1-3H3. The second-order valence-electron chi connectivity index (χ2n) is 3.77. The molecule has 1 N–H and O–H groups in total. The molecule has 0 aliphatic rings. The van der Waals surface area contributed by atoms with Crippen molar-refractivity contribution < 1.29 is 16.8 Å². The molecule has 0 fully saturated rings. The zero-order valence-corrected chi connectivity index (χ0v) is 10.4. The highest BCUT2D eigenvalue weighted by Gasteiger charge is 2.31. The predicted molar refractivity (Wildman–Crippen MR) is 56.3 cm³/mol. The monoisotopic (exact) mass is 254 g/mol. The molecule has 0 unspecified atom stereocenters. The molecule has 0 amide bonds. The number of sulfone groups is 1. The van der Waals surface area contributed by atoms with Crippen LogP contribution < -0.4 is 4.72 Å². The van der Waals surface area contributed by atoms with E-state index in [-0.39, 0.29) is 6.54 Å². The normalized spacial score (nSPS) is 13.5. The van der Waals surface area contributed by atoms with E-state index in [2.05, 4.69) is 4.72 Å². The quantitative estimate of drug-likeness (QED) is 0.695. The fourth-order valence-corrected chi connectivity index (χ4v) is 1.83. The molecule has 0 aromatic heterocycles.